The van der Waals surface area contributed by atoms with E-state index in [1.165, 1.54) is 0 Å². The number of allylic oxidation sites excluding steroid dienone is 4. The van der Waals surface area contributed by atoms with Crippen molar-refractivity contribution in [3.63, 3.8) is 0 Å². The number of dihydropyridines is 1. The minimum Gasteiger partial charge on any atom is -0.511 e. The second-order valence-corrected chi connectivity index (χ2v) is 5.18. The van der Waals surface area contributed by atoms with Gasteiger partial charge in [0, 0.05) is 0 Å². The van der Waals surface area contributed by atoms with Crippen LogP contribution >= 0.6 is 0 Å². The van der Waals surface area contributed by atoms with E-state index in [9.17, 15) is 14.7 Å². The van der Waals surface area contributed by atoms with Crippen molar-refractivity contribution in [1.29, 1.82) is 0 Å². The number of amides is 1. The molecule has 0 radical (unpaired) electrons. The van der Waals surface area contributed by atoms with E-state index in [-0.39, 0.29) is 23.7 Å². The largest absolute Gasteiger partial charge is 0.511 e. The zero-order valence-electron chi connectivity index (χ0n) is 11.5. The van der Waals surface area contributed by atoms with Crippen LogP contribution in [0.25, 0.3) is 0 Å². The molecule has 0 bridgehead atoms. The van der Waals surface area contributed by atoms with Crippen LogP contribution in [0.4, 0.5) is 0 Å². The predicted molar refractivity (Wildman–Crippen MR) is 74.3 cm³/mol. The Morgan fingerprint density at radius 2 is 2.20 bits per heavy atom. The molecule has 0 spiro atoms. The molecule has 0 fully saturated rings. The average Bonchev–Trinajstić information content (AvgIpc) is 2.41. The van der Waals surface area contributed by atoms with Gasteiger partial charge in [0.05, 0.1) is 30.2 Å². The molecule has 0 saturated carbocycles. The van der Waals surface area contributed by atoms with Gasteiger partial charge in [-0.2, -0.15) is 0 Å². The van der Waals surface area contributed by atoms with Gasteiger partial charge in [-0.05, 0) is 12.0 Å². The van der Waals surface area contributed by atoms with E-state index < -0.39 is 17.8 Å². The molecule has 5 nitrogen and oxygen atoms in total. The second kappa shape index (κ2) is 5.86. The highest BCUT2D eigenvalue weighted by Gasteiger charge is 2.31. The van der Waals surface area contributed by atoms with Gasteiger partial charge in [-0.3, -0.25) is 9.59 Å². The Kier molecular flexibility index (Phi) is 4.17. The van der Waals surface area contributed by atoms with Crippen molar-refractivity contribution < 1.29 is 19.4 Å². The lowest BCUT2D eigenvalue weighted by molar-refractivity contribution is -0.144. The summed E-state index contributed by atoms with van der Waals surface area (Å²) in [6, 6.07) is 0. The number of carbonyl (C=O) groups excluding carboxylic acids is 2. The van der Waals surface area contributed by atoms with Crippen LogP contribution in [0.3, 0.4) is 0 Å². The molecule has 20 heavy (non-hydrogen) atoms. The van der Waals surface area contributed by atoms with Crippen LogP contribution < -0.4 is 0 Å². The first-order chi connectivity index (χ1) is 9.49. The third kappa shape index (κ3) is 3.04. The van der Waals surface area contributed by atoms with Crippen molar-refractivity contribution in [2.24, 2.45) is 16.8 Å². The molecule has 2 rings (SSSR count). The molecule has 2 aliphatic rings. The zero-order valence-corrected chi connectivity index (χ0v) is 11.5. The normalized spacial score (nSPS) is 21.1. The number of ether oxygens (including phenoxy) is 1. The van der Waals surface area contributed by atoms with Crippen molar-refractivity contribution in [3.8, 4) is 0 Å². The Hall–Kier alpha value is -2.17. The molecular formula is C15H17NO4. The Morgan fingerprint density at radius 3 is 2.90 bits per heavy atom. The van der Waals surface area contributed by atoms with E-state index in [2.05, 4.69) is 4.99 Å². The first-order valence-electron chi connectivity index (χ1n) is 6.54. The minimum atomic E-state index is -0.574. The highest BCUT2D eigenvalue weighted by Crippen LogP contribution is 2.27. The monoisotopic (exact) mass is 275 g/mol. The highest BCUT2D eigenvalue weighted by molar-refractivity contribution is 6.14. The molecule has 1 amide bonds. The molecule has 0 aromatic carbocycles. The average molecular weight is 275 g/mol. The lowest BCUT2D eigenvalue weighted by Crippen LogP contribution is -2.26. The summed E-state index contributed by atoms with van der Waals surface area (Å²) in [6.45, 7) is 4.14. The van der Waals surface area contributed by atoms with E-state index in [0.29, 0.717) is 12.3 Å². The maximum atomic E-state index is 11.9. The maximum absolute atomic E-state index is 11.9. The molecule has 1 unspecified atom stereocenters. The standard InChI is InChI=1S/C15H17NO4/c1-9(2)8-20-13(17)7-11-14(18)10-5-3-4-6-12(10)16-15(11)19/h3-6,9-10,18H,7-8H2,1-2H3. The summed E-state index contributed by atoms with van der Waals surface area (Å²) in [5.74, 6) is -1.43. The Morgan fingerprint density at radius 1 is 1.45 bits per heavy atom. The van der Waals surface area contributed by atoms with E-state index in [0.717, 1.165) is 0 Å². The number of hydrogen-bond acceptors (Lipinski definition) is 4. The van der Waals surface area contributed by atoms with E-state index >= 15 is 0 Å². The number of aliphatic imine (C=N–C) groups is 1. The van der Waals surface area contributed by atoms with Crippen molar-refractivity contribution in [1.82, 2.24) is 0 Å². The highest BCUT2D eigenvalue weighted by atomic mass is 16.5. The number of rotatable bonds is 4. The van der Waals surface area contributed by atoms with Crippen LogP contribution in [0.5, 0.6) is 0 Å². The zero-order chi connectivity index (χ0) is 14.7. The fourth-order valence-electron chi connectivity index (χ4n) is 1.97. The first-order valence-corrected chi connectivity index (χ1v) is 6.54. The number of esters is 1. The fourth-order valence-corrected chi connectivity index (χ4v) is 1.97. The number of hydrogen-bond donors (Lipinski definition) is 1. The molecule has 5 heteroatoms. The molecule has 106 valence electrons. The Bertz CT molecular complexity index is 552. The van der Waals surface area contributed by atoms with E-state index in [1.807, 2.05) is 13.8 Å². The number of aliphatic hydroxyl groups is 1. The van der Waals surface area contributed by atoms with Crippen LogP contribution in [0.1, 0.15) is 20.3 Å². The number of carbonyl (C=O) groups is 2. The van der Waals surface area contributed by atoms with Gasteiger partial charge in [-0.15, -0.1) is 0 Å². The van der Waals surface area contributed by atoms with Gasteiger partial charge in [-0.25, -0.2) is 4.99 Å². The minimum absolute atomic E-state index is 0.0208. The summed E-state index contributed by atoms with van der Waals surface area (Å²) in [5, 5.41) is 10.1. The number of fused-ring (bicyclic) bond motifs is 1. The maximum Gasteiger partial charge on any atom is 0.310 e. The van der Waals surface area contributed by atoms with Crippen molar-refractivity contribution in [2.45, 2.75) is 20.3 Å². The van der Waals surface area contributed by atoms with Crippen molar-refractivity contribution in [2.75, 3.05) is 6.61 Å². The molecule has 1 aliphatic heterocycles. The van der Waals surface area contributed by atoms with Gasteiger partial charge in [-0.1, -0.05) is 32.1 Å². The fraction of sp³-hybridized carbons (Fsp3) is 0.400. The quantitative estimate of drug-likeness (QED) is 0.797. The van der Waals surface area contributed by atoms with Gasteiger partial charge in [0.2, 0.25) is 0 Å². The van der Waals surface area contributed by atoms with E-state index in [1.54, 1.807) is 24.3 Å². The van der Waals surface area contributed by atoms with Gasteiger partial charge < -0.3 is 9.84 Å². The molecule has 1 atom stereocenters. The molecule has 1 N–H and O–H groups in total. The van der Waals surface area contributed by atoms with Crippen LogP contribution in [-0.2, 0) is 14.3 Å². The molecule has 0 aromatic rings. The summed E-state index contributed by atoms with van der Waals surface area (Å²) in [7, 11) is 0. The topological polar surface area (TPSA) is 76.0 Å². The summed E-state index contributed by atoms with van der Waals surface area (Å²) < 4.78 is 5.02. The predicted octanol–water partition coefficient (Wildman–Crippen LogP) is 2.11. The first kappa shape index (κ1) is 14.2. The third-order valence-corrected chi connectivity index (χ3v) is 2.99. The summed E-state index contributed by atoms with van der Waals surface area (Å²) in [4.78, 5) is 27.4. The summed E-state index contributed by atoms with van der Waals surface area (Å²) in [5.41, 5.74) is 0.516. The van der Waals surface area contributed by atoms with E-state index in [4.69, 9.17) is 4.74 Å². The number of nitrogens with zero attached hydrogens (tertiary/aromatic N) is 1. The van der Waals surface area contributed by atoms with Crippen LogP contribution in [0.15, 0.2) is 40.6 Å². The molecule has 0 saturated heterocycles. The molecule has 1 heterocycles. The lowest BCUT2D eigenvalue weighted by Gasteiger charge is -2.21. The van der Waals surface area contributed by atoms with Gasteiger partial charge in [0.1, 0.15) is 5.76 Å². The Labute approximate surface area is 117 Å². The van der Waals surface area contributed by atoms with Gasteiger partial charge >= 0.3 is 5.97 Å². The van der Waals surface area contributed by atoms with Crippen LogP contribution in [0, 0.1) is 11.8 Å². The van der Waals surface area contributed by atoms with Crippen LogP contribution in [-0.4, -0.2) is 29.3 Å². The lowest BCUT2D eigenvalue weighted by atomic mass is 9.90. The molecule has 1 aliphatic carbocycles. The smallest absolute Gasteiger partial charge is 0.310 e. The van der Waals surface area contributed by atoms with Crippen molar-refractivity contribution in [3.05, 3.63) is 35.6 Å². The molecular weight excluding hydrogens is 258 g/mol. The Balaban J connectivity index is 2.11. The summed E-state index contributed by atoms with van der Waals surface area (Å²) >= 11 is 0. The molecule has 0 aromatic heterocycles. The van der Waals surface area contributed by atoms with Gasteiger partial charge in [0.25, 0.3) is 5.91 Å². The second-order valence-electron chi connectivity index (χ2n) is 5.18. The third-order valence-electron chi connectivity index (χ3n) is 2.99. The van der Waals surface area contributed by atoms with Crippen LogP contribution in [0.2, 0.25) is 0 Å². The summed E-state index contributed by atoms with van der Waals surface area (Å²) in [6.07, 6.45) is 6.68. The van der Waals surface area contributed by atoms with Crippen molar-refractivity contribution >= 4 is 17.6 Å². The SMILES string of the molecule is CC(C)COC(=O)CC1=C(O)C2C=CC=CC2=NC1=O. The number of aliphatic hydroxyl groups excluding tert-OH is 1. The van der Waals surface area contributed by atoms with Gasteiger partial charge in [0.15, 0.2) is 0 Å².